The molecule has 0 fully saturated rings. The van der Waals surface area contributed by atoms with Gasteiger partial charge in [0.2, 0.25) is 0 Å². The van der Waals surface area contributed by atoms with Gasteiger partial charge in [0.05, 0.1) is 21.8 Å². The smallest absolute Gasteiger partial charge is 0.279 e. The highest BCUT2D eigenvalue weighted by atomic mass is 35.5. The van der Waals surface area contributed by atoms with E-state index >= 15 is 0 Å². The van der Waals surface area contributed by atoms with Gasteiger partial charge >= 0.3 is 0 Å². The molecule has 1 amide bonds. The van der Waals surface area contributed by atoms with E-state index in [0.29, 0.717) is 0 Å². The van der Waals surface area contributed by atoms with E-state index in [1.165, 1.54) is 18.5 Å². The van der Waals surface area contributed by atoms with Gasteiger partial charge in [-0.2, -0.15) is 4.99 Å². The van der Waals surface area contributed by atoms with Crippen LogP contribution in [0.1, 0.15) is 10.4 Å². The molecule has 1 aromatic rings. The number of aliphatic imine (C=N–C) groups is 1. The summed E-state index contributed by atoms with van der Waals surface area (Å²) in [5, 5.41) is 10.5. The molecule has 17 heavy (non-hydrogen) atoms. The summed E-state index contributed by atoms with van der Waals surface area (Å²) in [5.41, 5.74) is -0.0292. The number of nitro groups is 1. The molecule has 0 saturated heterocycles. The molecule has 0 bridgehead atoms. The average molecular weight is 256 g/mol. The zero-order valence-corrected chi connectivity index (χ0v) is 10.0. The fraction of sp³-hybridized carbons (Fsp3) is 0.200. The maximum absolute atomic E-state index is 11.6. The highest BCUT2D eigenvalue weighted by Gasteiger charge is 2.13. The number of nitrogens with zero attached hydrogens (tertiary/aromatic N) is 3. The third kappa shape index (κ3) is 3.53. The van der Waals surface area contributed by atoms with Gasteiger partial charge in [0.25, 0.3) is 11.6 Å². The van der Waals surface area contributed by atoms with Gasteiger partial charge in [0.1, 0.15) is 0 Å². The Hall–Kier alpha value is -1.95. The predicted octanol–water partition coefficient (Wildman–Crippen LogP) is 1.98. The van der Waals surface area contributed by atoms with Crippen molar-refractivity contribution >= 4 is 29.5 Å². The van der Waals surface area contributed by atoms with Crippen molar-refractivity contribution in [2.45, 2.75) is 0 Å². The van der Waals surface area contributed by atoms with E-state index in [9.17, 15) is 14.9 Å². The Bertz CT molecular complexity index is 486. The Morgan fingerprint density at radius 1 is 1.53 bits per heavy atom. The SMILES string of the molecule is CN(C)C=NC(=O)c1ccc([N+](=O)[O-])cc1Cl. The monoisotopic (exact) mass is 255 g/mol. The van der Waals surface area contributed by atoms with Gasteiger partial charge in [0.15, 0.2) is 0 Å². The summed E-state index contributed by atoms with van der Waals surface area (Å²) < 4.78 is 0. The Kier molecular flexibility index (Phi) is 4.17. The van der Waals surface area contributed by atoms with Gasteiger partial charge < -0.3 is 4.90 Å². The molecule has 0 N–H and O–H groups in total. The van der Waals surface area contributed by atoms with Crippen LogP contribution in [0, 0.1) is 10.1 Å². The highest BCUT2D eigenvalue weighted by Crippen LogP contribution is 2.22. The Labute approximate surface area is 103 Å². The normalized spacial score (nSPS) is 10.5. The lowest BCUT2D eigenvalue weighted by Crippen LogP contribution is -2.10. The van der Waals surface area contributed by atoms with Crippen molar-refractivity contribution in [3.63, 3.8) is 0 Å². The van der Waals surface area contributed by atoms with Crippen LogP contribution in [-0.2, 0) is 0 Å². The van der Waals surface area contributed by atoms with E-state index < -0.39 is 10.8 Å². The molecule has 0 saturated carbocycles. The quantitative estimate of drug-likeness (QED) is 0.358. The van der Waals surface area contributed by atoms with Crippen molar-refractivity contribution in [2.75, 3.05) is 14.1 Å². The van der Waals surface area contributed by atoms with Crippen molar-refractivity contribution < 1.29 is 9.72 Å². The second-order valence-corrected chi connectivity index (χ2v) is 3.84. The molecule has 0 aliphatic rings. The van der Waals surface area contributed by atoms with Crippen LogP contribution in [-0.4, -0.2) is 36.2 Å². The van der Waals surface area contributed by atoms with E-state index in [4.69, 9.17) is 11.6 Å². The summed E-state index contributed by atoms with van der Waals surface area (Å²) in [4.78, 5) is 26.7. The van der Waals surface area contributed by atoms with Crippen molar-refractivity contribution in [2.24, 2.45) is 4.99 Å². The number of amides is 1. The van der Waals surface area contributed by atoms with Gasteiger partial charge in [0, 0.05) is 26.2 Å². The first-order chi connectivity index (χ1) is 7.91. The standard InChI is InChI=1S/C10H10ClN3O3/c1-13(2)6-12-10(15)8-4-3-7(14(16)17)5-9(8)11/h3-6H,1-2H3. The van der Waals surface area contributed by atoms with E-state index in [2.05, 4.69) is 4.99 Å². The lowest BCUT2D eigenvalue weighted by Gasteiger charge is -2.02. The molecule has 0 atom stereocenters. The molecule has 0 aliphatic heterocycles. The molecule has 0 aliphatic carbocycles. The Morgan fingerprint density at radius 3 is 2.65 bits per heavy atom. The number of hydrogen-bond acceptors (Lipinski definition) is 3. The zero-order chi connectivity index (χ0) is 13.0. The Balaban J connectivity index is 3.00. The fourth-order valence-electron chi connectivity index (χ4n) is 1.03. The van der Waals surface area contributed by atoms with Crippen LogP contribution >= 0.6 is 11.6 Å². The minimum atomic E-state index is -0.580. The molecule has 0 heterocycles. The lowest BCUT2D eigenvalue weighted by atomic mass is 10.2. The van der Waals surface area contributed by atoms with Crippen molar-refractivity contribution in [3.8, 4) is 0 Å². The number of rotatable bonds is 3. The van der Waals surface area contributed by atoms with Crippen molar-refractivity contribution in [3.05, 3.63) is 38.9 Å². The van der Waals surface area contributed by atoms with Gasteiger partial charge in [-0.25, -0.2) is 0 Å². The molecule has 7 heteroatoms. The third-order valence-corrected chi connectivity index (χ3v) is 2.11. The van der Waals surface area contributed by atoms with E-state index in [-0.39, 0.29) is 16.3 Å². The molecule has 0 unspecified atom stereocenters. The van der Waals surface area contributed by atoms with Crippen molar-refractivity contribution in [1.29, 1.82) is 0 Å². The first kappa shape index (κ1) is 13.1. The summed E-state index contributed by atoms with van der Waals surface area (Å²) >= 11 is 5.77. The minimum Gasteiger partial charge on any atom is -0.369 e. The molecule has 0 radical (unpaired) electrons. The number of carbonyl (C=O) groups is 1. The summed E-state index contributed by atoms with van der Waals surface area (Å²) in [6, 6.07) is 3.63. The van der Waals surface area contributed by atoms with E-state index in [0.717, 1.165) is 6.07 Å². The molecule has 1 rings (SSSR count). The maximum Gasteiger partial charge on any atom is 0.279 e. The zero-order valence-electron chi connectivity index (χ0n) is 9.25. The fourth-order valence-corrected chi connectivity index (χ4v) is 1.28. The summed E-state index contributed by atoms with van der Waals surface area (Å²) in [5.74, 6) is -0.543. The second kappa shape index (κ2) is 5.40. The molecule has 0 aromatic heterocycles. The number of benzene rings is 1. The largest absolute Gasteiger partial charge is 0.369 e. The number of nitro benzene ring substituents is 1. The van der Waals surface area contributed by atoms with Crippen LogP contribution in [0.5, 0.6) is 0 Å². The summed E-state index contributed by atoms with van der Waals surface area (Å²) in [7, 11) is 3.43. The number of hydrogen-bond donors (Lipinski definition) is 0. The van der Waals surface area contributed by atoms with Crippen LogP contribution < -0.4 is 0 Å². The van der Waals surface area contributed by atoms with Crippen molar-refractivity contribution in [1.82, 2.24) is 4.90 Å². The molecule has 1 aromatic carbocycles. The maximum atomic E-state index is 11.6. The van der Waals surface area contributed by atoms with Gasteiger partial charge in [-0.05, 0) is 6.07 Å². The third-order valence-electron chi connectivity index (χ3n) is 1.80. The summed E-state index contributed by atoms with van der Waals surface area (Å²) in [6.45, 7) is 0. The van der Waals surface area contributed by atoms with Gasteiger partial charge in [-0.3, -0.25) is 14.9 Å². The highest BCUT2D eigenvalue weighted by molar-refractivity contribution is 6.34. The molecule has 6 nitrogen and oxygen atoms in total. The first-order valence-corrected chi connectivity index (χ1v) is 4.98. The van der Waals surface area contributed by atoms with E-state index in [1.54, 1.807) is 19.0 Å². The second-order valence-electron chi connectivity index (χ2n) is 3.43. The van der Waals surface area contributed by atoms with Crippen LogP contribution in [0.15, 0.2) is 23.2 Å². The number of carbonyl (C=O) groups excluding carboxylic acids is 1. The first-order valence-electron chi connectivity index (χ1n) is 4.60. The number of halogens is 1. The van der Waals surface area contributed by atoms with Crippen LogP contribution in [0.25, 0.3) is 0 Å². The van der Waals surface area contributed by atoms with Crippen LogP contribution in [0.3, 0.4) is 0 Å². The minimum absolute atomic E-state index is 0.0140. The Morgan fingerprint density at radius 2 is 2.18 bits per heavy atom. The predicted molar refractivity (Wildman–Crippen MR) is 64.6 cm³/mol. The molecule has 0 spiro atoms. The van der Waals surface area contributed by atoms with Crippen LogP contribution in [0.2, 0.25) is 5.02 Å². The topological polar surface area (TPSA) is 75.8 Å². The summed E-state index contributed by atoms with van der Waals surface area (Å²) in [6.07, 6.45) is 1.33. The molecule has 90 valence electrons. The van der Waals surface area contributed by atoms with Gasteiger partial charge in [-0.15, -0.1) is 0 Å². The molecular formula is C10H10ClN3O3. The molecular weight excluding hydrogens is 246 g/mol. The average Bonchev–Trinajstić information content (AvgIpc) is 2.25. The van der Waals surface area contributed by atoms with Crippen LogP contribution in [0.4, 0.5) is 5.69 Å². The van der Waals surface area contributed by atoms with Gasteiger partial charge in [-0.1, -0.05) is 11.6 Å². The number of non-ortho nitro benzene ring substituents is 1. The van der Waals surface area contributed by atoms with E-state index in [1.807, 2.05) is 0 Å². The lowest BCUT2D eigenvalue weighted by molar-refractivity contribution is -0.384.